The van der Waals surface area contributed by atoms with E-state index in [1.807, 2.05) is 0 Å². The molecule has 0 fully saturated rings. The number of carbonyl (C=O) groups is 2. The summed E-state index contributed by atoms with van der Waals surface area (Å²) in [4.78, 5) is 23.4. The molecule has 0 heterocycles. The molecular formula is C17H17F2N3O2. The van der Waals surface area contributed by atoms with Crippen LogP contribution in [0.2, 0.25) is 0 Å². The SMILES string of the molecule is C[C@H](NCC(=O)NC(=O)Nc1ccccc1)c1ccc(F)c(F)c1. The first-order chi connectivity index (χ1) is 11.5. The van der Waals surface area contributed by atoms with Crippen molar-refractivity contribution in [3.8, 4) is 0 Å². The van der Waals surface area contributed by atoms with Crippen LogP contribution in [0.25, 0.3) is 0 Å². The van der Waals surface area contributed by atoms with E-state index in [4.69, 9.17) is 0 Å². The van der Waals surface area contributed by atoms with Gasteiger partial charge in [0.05, 0.1) is 6.54 Å². The van der Waals surface area contributed by atoms with Crippen LogP contribution in [0.4, 0.5) is 19.3 Å². The molecule has 126 valence electrons. The maximum absolute atomic E-state index is 13.2. The molecule has 0 saturated carbocycles. The summed E-state index contributed by atoms with van der Waals surface area (Å²) >= 11 is 0. The standard InChI is InChI=1S/C17H17F2N3O2/c1-11(12-7-8-14(18)15(19)9-12)20-10-16(23)22-17(24)21-13-5-3-2-4-6-13/h2-9,11,20H,10H2,1H3,(H2,21,22,23,24)/t11-/m0/s1. The van der Waals surface area contributed by atoms with Crippen molar-refractivity contribution in [2.24, 2.45) is 0 Å². The summed E-state index contributed by atoms with van der Waals surface area (Å²) in [5.74, 6) is -2.42. The number of nitrogens with one attached hydrogen (secondary N) is 3. The van der Waals surface area contributed by atoms with Crippen LogP contribution in [0.5, 0.6) is 0 Å². The van der Waals surface area contributed by atoms with Gasteiger partial charge in [-0.1, -0.05) is 24.3 Å². The summed E-state index contributed by atoms with van der Waals surface area (Å²) < 4.78 is 26.1. The Morgan fingerprint density at radius 1 is 1.04 bits per heavy atom. The van der Waals surface area contributed by atoms with E-state index in [0.717, 1.165) is 12.1 Å². The topological polar surface area (TPSA) is 70.2 Å². The Morgan fingerprint density at radius 3 is 2.42 bits per heavy atom. The Hall–Kier alpha value is -2.80. The van der Waals surface area contributed by atoms with Crippen molar-refractivity contribution in [1.29, 1.82) is 0 Å². The summed E-state index contributed by atoms with van der Waals surface area (Å²) in [6.07, 6.45) is 0. The maximum Gasteiger partial charge on any atom is 0.325 e. The fourth-order valence-corrected chi connectivity index (χ4v) is 2.00. The van der Waals surface area contributed by atoms with Crippen molar-refractivity contribution in [3.05, 3.63) is 65.7 Å². The van der Waals surface area contributed by atoms with Gasteiger partial charge < -0.3 is 10.6 Å². The highest BCUT2D eigenvalue weighted by Gasteiger charge is 2.12. The average molecular weight is 333 g/mol. The van der Waals surface area contributed by atoms with Crippen LogP contribution in [0.15, 0.2) is 48.5 Å². The van der Waals surface area contributed by atoms with Gasteiger partial charge in [0, 0.05) is 11.7 Å². The van der Waals surface area contributed by atoms with Crippen LogP contribution in [0.1, 0.15) is 18.5 Å². The molecule has 2 aromatic rings. The second-order valence-electron chi connectivity index (χ2n) is 5.14. The van der Waals surface area contributed by atoms with Crippen LogP contribution in [-0.4, -0.2) is 18.5 Å². The minimum atomic E-state index is -0.951. The molecular weight excluding hydrogens is 316 g/mol. The van der Waals surface area contributed by atoms with E-state index in [2.05, 4.69) is 16.0 Å². The predicted octanol–water partition coefficient (Wildman–Crippen LogP) is 2.96. The smallest absolute Gasteiger partial charge is 0.308 e. The summed E-state index contributed by atoms with van der Waals surface area (Å²) in [6, 6.07) is 11.2. The van der Waals surface area contributed by atoms with Gasteiger partial charge >= 0.3 is 6.03 Å². The molecule has 2 rings (SSSR count). The van der Waals surface area contributed by atoms with Gasteiger partial charge in [-0.05, 0) is 36.8 Å². The lowest BCUT2D eigenvalue weighted by Gasteiger charge is -2.14. The van der Waals surface area contributed by atoms with Crippen LogP contribution >= 0.6 is 0 Å². The first-order valence-corrected chi connectivity index (χ1v) is 7.30. The van der Waals surface area contributed by atoms with Gasteiger partial charge in [-0.15, -0.1) is 0 Å². The van der Waals surface area contributed by atoms with Gasteiger partial charge in [0.15, 0.2) is 11.6 Å². The van der Waals surface area contributed by atoms with E-state index >= 15 is 0 Å². The Bertz CT molecular complexity index is 723. The molecule has 5 nitrogen and oxygen atoms in total. The zero-order valence-corrected chi connectivity index (χ0v) is 13.0. The summed E-state index contributed by atoms with van der Waals surface area (Å²) in [7, 11) is 0. The highest BCUT2D eigenvalue weighted by molar-refractivity contribution is 6.01. The molecule has 3 N–H and O–H groups in total. The van der Waals surface area contributed by atoms with Crippen LogP contribution in [0, 0.1) is 11.6 Å². The summed E-state index contributed by atoms with van der Waals surface area (Å²) in [5.41, 5.74) is 1.06. The molecule has 0 aromatic heterocycles. The monoisotopic (exact) mass is 333 g/mol. The molecule has 1 atom stereocenters. The second-order valence-corrected chi connectivity index (χ2v) is 5.14. The Morgan fingerprint density at radius 2 is 1.75 bits per heavy atom. The van der Waals surface area contributed by atoms with Gasteiger partial charge in [-0.25, -0.2) is 13.6 Å². The van der Waals surface area contributed by atoms with Gasteiger partial charge in [-0.3, -0.25) is 10.1 Å². The molecule has 0 saturated heterocycles. The van der Waals surface area contributed by atoms with E-state index in [0.29, 0.717) is 11.3 Å². The number of anilines is 1. The van der Waals surface area contributed by atoms with E-state index in [9.17, 15) is 18.4 Å². The fraction of sp³-hybridized carbons (Fsp3) is 0.176. The van der Waals surface area contributed by atoms with Crippen LogP contribution in [0.3, 0.4) is 0 Å². The van der Waals surface area contributed by atoms with Gasteiger partial charge in [-0.2, -0.15) is 0 Å². The highest BCUT2D eigenvalue weighted by Crippen LogP contribution is 2.15. The number of amides is 3. The van der Waals surface area contributed by atoms with Crippen molar-refractivity contribution in [3.63, 3.8) is 0 Å². The molecule has 0 aliphatic rings. The first-order valence-electron chi connectivity index (χ1n) is 7.30. The van der Waals surface area contributed by atoms with Crippen LogP contribution < -0.4 is 16.0 Å². The van der Waals surface area contributed by atoms with E-state index < -0.39 is 23.6 Å². The normalized spacial score (nSPS) is 11.6. The maximum atomic E-state index is 13.2. The fourth-order valence-electron chi connectivity index (χ4n) is 2.00. The molecule has 3 amide bonds. The summed E-state index contributed by atoms with van der Waals surface area (Å²) in [6.45, 7) is 1.55. The van der Waals surface area contributed by atoms with Crippen molar-refractivity contribution < 1.29 is 18.4 Å². The Labute approximate surface area is 138 Å². The lowest BCUT2D eigenvalue weighted by Crippen LogP contribution is -2.40. The largest absolute Gasteiger partial charge is 0.325 e. The van der Waals surface area contributed by atoms with Crippen LogP contribution in [-0.2, 0) is 4.79 Å². The molecule has 0 bridgehead atoms. The molecule has 0 spiro atoms. The molecule has 2 aromatic carbocycles. The molecule has 7 heteroatoms. The number of carbonyl (C=O) groups excluding carboxylic acids is 2. The number of benzene rings is 2. The Balaban J connectivity index is 1.79. The number of imide groups is 1. The highest BCUT2D eigenvalue weighted by atomic mass is 19.2. The molecule has 24 heavy (non-hydrogen) atoms. The lowest BCUT2D eigenvalue weighted by molar-refractivity contribution is -0.119. The van der Waals surface area contributed by atoms with E-state index in [1.165, 1.54) is 6.07 Å². The molecule has 0 aliphatic carbocycles. The average Bonchev–Trinajstić information content (AvgIpc) is 2.56. The van der Waals surface area contributed by atoms with Gasteiger partial charge in [0.2, 0.25) is 5.91 Å². The van der Waals surface area contributed by atoms with Crippen molar-refractivity contribution in [1.82, 2.24) is 10.6 Å². The minimum absolute atomic E-state index is 0.150. The molecule has 0 unspecified atom stereocenters. The number of hydrogen-bond acceptors (Lipinski definition) is 3. The quantitative estimate of drug-likeness (QED) is 0.788. The van der Waals surface area contributed by atoms with Crippen molar-refractivity contribution >= 4 is 17.6 Å². The third kappa shape index (κ3) is 5.13. The Kier molecular flexibility index (Phi) is 5.97. The number of hydrogen-bond donors (Lipinski definition) is 3. The third-order valence-electron chi connectivity index (χ3n) is 3.30. The molecule has 0 aliphatic heterocycles. The predicted molar refractivity (Wildman–Crippen MR) is 86.4 cm³/mol. The van der Waals surface area contributed by atoms with E-state index in [1.54, 1.807) is 37.3 Å². The number of halogens is 2. The third-order valence-corrected chi connectivity index (χ3v) is 3.30. The number of urea groups is 1. The van der Waals surface area contributed by atoms with E-state index in [-0.39, 0.29) is 12.6 Å². The van der Waals surface area contributed by atoms with Gasteiger partial charge in [0.25, 0.3) is 0 Å². The first kappa shape index (κ1) is 17.6. The number of rotatable bonds is 5. The van der Waals surface area contributed by atoms with Gasteiger partial charge in [0.1, 0.15) is 0 Å². The minimum Gasteiger partial charge on any atom is -0.308 e. The van der Waals surface area contributed by atoms with Crippen molar-refractivity contribution in [2.75, 3.05) is 11.9 Å². The van der Waals surface area contributed by atoms with Crippen molar-refractivity contribution in [2.45, 2.75) is 13.0 Å². The number of para-hydroxylation sites is 1. The zero-order chi connectivity index (χ0) is 17.5. The molecule has 0 radical (unpaired) electrons. The second kappa shape index (κ2) is 8.16. The lowest BCUT2D eigenvalue weighted by atomic mass is 10.1. The zero-order valence-electron chi connectivity index (χ0n) is 13.0. The summed E-state index contributed by atoms with van der Waals surface area (Å²) in [5, 5.41) is 7.52.